The molecular weight excluding hydrogens is 358 g/mol. The SMILES string of the molecule is CN(C)c1ncccc1CN1CC[C@@H](c2c(C(N)=O)sc3ncccc23)C1. The number of nitrogens with two attached hydrogens (primary N) is 1. The lowest BCUT2D eigenvalue weighted by Gasteiger charge is -2.21. The van der Waals surface area contributed by atoms with Crippen molar-refractivity contribution in [2.24, 2.45) is 5.73 Å². The van der Waals surface area contributed by atoms with Crippen LogP contribution in [0.2, 0.25) is 0 Å². The number of nitrogens with zero attached hydrogens (tertiary/aromatic N) is 4. The summed E-state index contributed by atoms with van der Waals surface area (Å²) in [5, 5.41) is 1.07. The van der Waals surface area contributed by atoms with Crippen LogP contribution in [0.25, 0.3) is 10.2 Å². The van der Waals surface area contributed by atoms with Crippen molar-refractivity contribution < 1.29 is 4.79 Å². The van der Waals surface area contributed by atoms with E-state index in [0.717, 1.165) is 47.7 Å². The fourth-order valence-corrected chi connectivity index (χ4v) is 5.03. The number of amides is 1. The summed E-state index contributed by atoms with van der Waals surface area (Å²) in [5.74, 6) is 0.947. The van der Waals surface area contributed by atoms with Crippen molar-refractivity contribution >= 4 is 33.3 Å². The van der Waals surface area contributed by atoms with E-state index in [4.69, 9.17) is 5.73 Å². The molecule has 0 aliphatic carbocycles. The number of fused-ring (bicyclic) bond motifs is 1. The minimum Gasteiger partial charge on any atom is -0.365 e. The molecule has 1 fully saturated rings. The number of hydrogen-bond acceptors (Lipinski definition) is 6. The number of anilines is 1. The number of hydrogen-bond donors (Lipinski definition) is 1. The van der Waals surface area contributed by atoms with E-state index in [9.17, 15) is 4.79 Å². The fraction of sp³-hybridized carbons (Fsp3) is 0.350. The highest BCUT2D eigenvalue weighted by molar-refractivity contribution is 7.20. The van der Waals surface area contributed by atoms with Crippen LogP contribution < -0.4 is 10.6 Å². The molecule has 4 heterocycles. The molecule has 3 aromatic rings. The van der Waals surface area contributed by atoms with Gasteiger partial charge < -0.3 is 10.6 Å². The van der Waals surface area contributed by atoms with Gasteiger partial charge in [-0.2, -0.15) is 0 Å². The van der Waals surface area contributed by atoms with Crippen molar-refractivity contribution in [3.63, 3.8) is 0 Å². The van der Waals surface area contributed by atoms with E-state index in [0.29, 0.717) is 10.8 Å². The number of pyridine rings is 2. The highest BCUT2D eigenvalue weighted by atomic mass is 32.1. The van der Waals surface area contributed by atoms with Crippen LogP contribution in [0.4, 0.5) is 5.82 Å². The highest BCUT2D eigenvalue weighted by Gasteiger charge is 2.30. The molecule has 0 bridgehead atoms. The Morgan fingerprint density at radius 3 is 2.85 bits per heavy atom. The van der Waals surface area contributed by atoms with Crippen LogP contribution >= 0.6 is 11.3 Å². The van der Waals surface area contributed by atoms with Crippen molar-refractivity contribution in [3.05, 3.63) is 52.7 Å². The van der Waals surface area contributed by atoms with Crippen molar-refractivity contribution in [3.8, 4) is 0 Å². The van der Waals surface area contributed by atoms with E-state index in [1.165, 1.54) is 16.9 Å². The standard InChI is InChI=1S/C20H23N5OS/c1-24(2)19-14(5-3-8-22-19)12-25-10-7-13(11-25)16-15-6-4-9-23-20(15)27-17(16)18(21)26/h3-6,8-9,13H,7,10-12H2,1-2H3,(H2,21,26)/t13-/m1/s1. The molecule has 0 aromatic carbocycles. The van der Waals surface area contributed by atoms with Crippen LogP contribution in [0.15, 0.2) is 36.7 Å². The number of rotatable bonds is 5. The lowest BCUT2D eigenvalue weighted by molar-refractivity contribution is 0.100. The number of aromatic nitrogens is 2. The Balaban J connectivity index is 1.60. The summed E-state index contributed by atoms with van der Waals surface area (Å²) in [6, 6.07) is 8.09. The summed E-state index contributed by atoms with van der Waals surface area (Å²) >= 11 is 1.41. The smallest absolute Gasteiger partial charge is 0.259 e. The van der Waals surface area contributed by atoms with Gasteiger partial charge in [0.25, 0.3) is 5.91 Å². The molecule has 2 N–H and O–H groups in total. The van der Waals surface area contributed by atoms with E-state index < -0.39 is 0 Å². The Hall–Kier alpha value is -2.51. The van der Waals surface area contributed by atoms with Gasteiger partial charge in [0, 0.05) is 56.4 Å². The molecule has 140 valence electrons. The molecule has 1 atom stereocenters. The van der Waals surface area contributed by atoms with E-state index in [1.54, 1.807) is 6.20 Å². The first kappa shape index (κ1) is 17.9. The van der Waals surface area contributed by atoms with Gasteiger partial charge in [-0.15, -0.1) is 11.3 Å². The maximum absolute atomic E-state index is 12.0. The van der Waals surface area contributed by atoms with E-state index in [1.807, 2.05) is 37.3 Å². The maximum atomic E-state index is 12.0. The Labute approximate surface area is 162 Å². The van der Waals surface area contributed by atoms with Gasteiger partial charge in [0.2, 0.25) is 0 Å². The van der Waals surface area contributed by atoms with Gasteiger partial charge in [-0.3, -0.25) is 9.69 Å². The lowest BCUT2D eigenvalue weighted by atomic mass is 9.95. The van der Waals surface area contributed by atoms with Crippen LogP contribution in [-0.2, 0) is 6.54 Å². The number of likely N-dealkylation sites (tertiary alicyclic amines) is 1. The quantitative estimate of drug-likeness (QED) is 0.735. The average Bonchev–Trinajstić information content (AvgIpc) is 3.26. The molecule has 27 heavy (non-hydrogen) atoms. The van der Waals surface area contributed by atoms with Crippen molar-refractivity contribution in [2.45, 2.75) is 18.9 Å². The molecule has 4 rings (SSSR count). The van der Waals surface area contributed by atoms with Gasteiger partial charge in [-0.05, 0) is 30.7 Å². The average molecular weight is 382 g/mol. The second kappa shape index (κ2) is 7.25. The minimum atomic E-state index is -0.353. The van der Waals surface area contributed by atoms with Crippen LogP contribution in [0.3, 0.4) is 0 Å². The first-order chi connectivity index (χ1) is 13.0. The summed E-state index contributed by atoms with van der Waals surface area (Å²) in [5.41, 5.74) is 7.97. The molecule has 3 aromatic heterocycles. The van der Waals surface area contributed by atoms with Crippen LogP contribution in [0, 0.1) is 0 Å². The van der Waals surface area contributed by atoms with Crippen LogP contribution in [0.5, 0.6) is 0 Å². The zero-order valence-electron chi connectivity index (χ0n) is 15.6. The normalized spacial score (nSPS) is 17.5. The molecule has 0 saturated carbocycles. The molecule has 1 amide bonds. The molecule has 0 radical (unpaired) electrons. The van der Waals surface area contributed by atoms with E-state index in [-0.39, 0.29) is 5.91 Å². The van der Waals surface area contributed by atoms with Crippen LogP contribution in [0.1, 0.15) is 33.1 Å². The molecule has 1 aliphatic heterocycles. The minimum absolute atomic E-state index is 0.296. The second-order valence-electron chi connectivity index (χ2n) is 7.17. The monoisotopic (exact) mass is 381 g/mol. The molecule has 7 heteroatoms. The number of thiophene rings is 1. The zero-order chi connectivity index (χ0) is 19.0. The van der Waals surface area contributed by atoms with Gasteiger partial charge >= 0.3 is 0 Å². The molecule has 0 spiro atoms. The summed E-state index contributed by atoms with van der Waals surface area (Å²) < 4.78 is 0. The lowest BCUT2D eigenvalue weighted by Crippen LogP contribution is -2.23. The van der Waals surface area contributed by atoms with Crippen LogP contribution in [-0.4, -0.2) is 48.0 Å². The van der Waals surface area contributed by atoms with E-state index in [2.05, 4.69) is 27.0 Å². The molecule has 1 saturated heterocycles. The number of carbonyl (C=O) groups is 1. The van der Waals surface area contributed by atoms with Crippen molar-refractivity contribution in [2.75, 3.05) is 32.1 Å². The Kier molecular flexibility index (Phi) is 4.80. The van der Waals surface area contributed by atoms with Gasteiger partial charge in [-0.25, -0.2) is 9.97 Å². The summed E-state index contributed by atoms with van der Waals surface area (Å²) in [7, 11) is 4.03. The summed E-state index contributed by atoms with van der Waals surface area (Å²) in [6.45, 7) is 2.75. The Morgan fingerprint density at radius 1 is 1.30 bits per heavy atom. The van der Waals surface area contributed by atoms with Gasteiger partial charge in [0.05, 0.1) is 4.88 Å². The Morgan fingerprint density at radius 2 is 2.07 bits per heavy atom. The van der Waals surface area contributed by atoms with Gasteiger partial charge in [-0.1, -0.05) is 12.1 Å². The molecule has 1 aliphatic rings. The van der Waals surface area contributed by atoms with E-state index >= 15 is 0 Å². The molecular formula is C20H23N5OS. The Bertz CT molecular complexity index is 983. The topological polar surface area (TPSA) is 75.3 Å². The zero-order valence-corrected chi connectivity index (χ0v) is 16.4. The maximum Gasteiger partial charge on any atom is 0.259 e. The third-order valence-corrected chi connectivity index (χ3v) is 6.24. The fourth-order valence-electron chi connectivity index (χ4n) is 3.95. The van der Waals surface area contributed by atoms with Crippen molar-refractivity contribution in [1.29, 1.82) is 0 Å². The summed E-state index contributed by atoms with van der Waals surface area (Å²) in [6.07, 6.45) is 4.60. The third-order valence-electron chi connectivity index (χ3n) is 5.09. The first-order valence-corrected chi connectivity index (χ1v) is 9.87. The second-order valence-corrected chi connectivity index (χ2v) is 8.17. The highest BCUT2D eigenvalue weighted by Crippen LogP contribution is 2.39. The van der Waals surface area contributed by atoms with Crippen molar-refractivity contribution in [1.82, 2.24) is 14.9 Å². The predicted molar refractivity (Wildman–Crippen MR) is 109 cm³/mol. The summed E-state index contributed by atoms with van der Waals surface area (Å²) in [4.78, 5) is 27.0. The predicted octanol–water partition coefficient (Wildman–Crippen LogP) is 2.85. The molecule has 6 nitrogen and oxygen atoms in total. The first-order valence-electron chi connectivity index (χ1n) is 9.05. The molecule has 0 unspecified atom stereocenters. The largest absolute Gasteiger partial charge is 0.365 e. The third kappa shape index (κ3) is 3.40. The number of carbonyl (C=O) groups excluding carboxylic acids is 1. The van der Waals surface area contributed by atoms with Gasteiger partial charge in [0.1, 0.15) is 10.6 Å². The van der Waals surface area contributed by atoms with Gasteiger partial charge in [0.15, 0.2) is 0 Å². The number of primary amides is 1.